The van der Waals surface area contributed by atoms with Crippen molar-refractivity contribution in [2.75, 3.05) is 20.1 Å². The van der Waals surface area contributed by atoms with Crippen LogP contribution in [0.25, 0.3) is 0 Å². The SMILES string of the molecule is CCCC(C)(CN)CN(C)Cc1cccc(Cl)c1. The Balaban J connectivity index is 2.57. The molecule has 0 aliphatic rings. The van der Waals surface area contributed by atoms with Crippen LogP contribution in [-0.2, 0) is 6.54 Å². The molecule has 0 aromatic heterocycles. The molecule has 0 amide bonds. The van der Waals surface area contributed by atoms with E-state index in [2.05, 4.69) is 31.9 Å². The molecule has 102 valence electrons. The van der Waals surface area contributed by atoms with Crippen molar-refractivity contribution in [3.63, 3.8) is 0 Å². The molecular formula is C15H25ClN2. The number of hydrogen-bond donors (Lipinski definition) is 1. The Morgan fingerprint density at radius 2 is 2.11 bits per heavy atom. The van der Waals surface area contributed by atoms with Gasteiger partial charge in [-0.05, 0) is 43.1 Å². The first kappa shape index (κ1) is 15.5. The molecule has 1 aromatic carbocycles. The van der Waals surface area contributed by atoms with Gasteiger partial charge in [-0.2, -0.15) is 0 Å². The summed E-state index contributed by atoms with van der Waals surface area (Å²) in [5, 5.41) is 0.802. The summed E-state index contributed by atoms with van der Waals surface area (Å²) in [6.45, 7) is 7.15. The van der Waals surface area contributed by atoms with Gasteiger partial charge in [-0.1, -0.05) is 44.0 Å². The second kappa shape index (κ2) is 7.13. The highest BCUT2D eigenvalue weighted by molar-refractivity contribution is 6.30. The zero-order valence-corrected chi connectivity index (χ0v) is 12.5. The van der Waals surface area contributed by atoms with Gasteiger partial charge in [0.1, 0.15) is 0 Å². The predicted octanol–water partition coefficient (Wildman–Crippen LogP) is 3.54. The van der Waals surface area contributed by atoms with Crippen LogP contribution in [0.15, 0.2) is 24.3 Å². The van der Waals surface area contributed by atoms with Crippen molar-refractivity contribution in [1.82, 2.24) is 4.90 Å². The van der Waals surface area contributed by atoms with E-state index in [1.165, 1.54) is 18.4 Å². The molecule has 1 atom stereocenters. The van der Waals surface area contributed by atoms with Crippen LogP contribution in [0.5, 0.6) is 0 Å². The Kier molecular flexibility index (Phi) is 6.13. The summed E-state index contributed by atoms with van der Waals surface area (Å²) in [5.41, 5.74) is 7.37. The number of halogens is 1. The van der Waals surface area contributed by atoms with E-state index >= 15 is 0 Å². The minimum Gasteiger partial charge on any atom is -0.330 e. The molecule has 1 aromatic rings. The van der Waals surface area contributed by atoms with Gasteiger partial charge in [0.15, 0.2) is 0 Å². The third-order valence-corrected chi connectivity index (χ3v) is 3.57. The zero-order chi connectivity index (χ0) is 13.6. The smallest absolute Gasteiger partial charge is 0.0409 e. The van der Waals surface area contributed by atoms with E-state index in [1.54, 1.807) is 0 Å². The van der Waals surface area contributed by atoms with Gasteiger partial charge >= 0.3 is 0 Å². The normalized spacial score (nSPS) is 14.8. The monoisotopic (exact) mass is 268 g/mol. The molecule has 2 N–H and O–H groups in total. The number of benzene rings is 1. The van der Waals surface area contributed by atoms with Crippen LogP contribution < -0.4 is 5.73 Å². The lowest BCUT2D eigenvalue weighted by Crippen LogP contribution is -2.38. The van der Waals surface area contributed by atoms with Gasteiger partial charge in [0.25, 0.3) is 0 Å². The van der Waals surface area contributed by atoms with Gasteiger partial charge in [0.2, 0.25) is 0 Å². The molecule has 0 aliphatic heterocycles. The third kappa shape index (κ3) is 4.97. The molecular weight excluding hydrogens is 244 g/mol. The summed E-state index contributed by atoms with van der Waals surface area (Å²) in [4.78, 5) is 2.33. The third-order valence-electron chi connectivity index (χ3n) is 3.34. The topological polar surface area (TPSA) is 29.3 Å². The Hall–Kier alpha value is -0.570. The fraction of sp³-hybridized carbons (Fsp3) is 0.600. The van der Waals surface area contributed by atoms with Crippen LogP contribution in [0.2, 0.25) is 5.02 Å². The Morgan fingerprint density at radius 1 is 1.39 bits per heavy atom. The van der Waals surface area contributed by atoms with Crippen LogP contribution in [-0.4, -0.2) is 25.0 Å². The summed E-state index contributed by atoms with van der Waals surface area (Å²) in [7, 11) is 2.14. The Morgan fingerprint density at radius 3 is 2.67 bits per heavy atom. The molecule has 0 heterocycles. The Labute approximate surface area is 116 Å². The minimum atomic E-state index is 0.210. The van der Waals surface area contributed by atoms with E-state index < -0.39 is 0 Å². The van der Waals surface area contributed by atoms with Crippen LogP contribution in [0.4, 0.5) is 0 Å². The van der Waals surface area contributed by atoms with Gasteiger partial charge in [-0.25, -0.2) is 0 Å². The van der Waals surface area contributed by atoms with E-state index in [0.29, 0.717) is 0 Å². The van der Waals surface area contributed by atoms with E-state index in [4.69, 9.17) is 17.3 Å². The van der Waals surface area contributed by atoms with E-state index in [0.717, 1.165) is 24.7 Å². The predicted molar refractivity (Wildman–Crippen MR) is 79.9 cm³/mol. The summed E-state index contributed by atoms with van der Waals surface area (Å²) in [6.07, 6.45) is 2.35. The quantitative estimate of drug-likeness (QED) is 0.820. The number of hydrogen-bond acceptors (Lipinski definition) is 2. The Bertz CT molecular complexity index is 367. The fourth-order valence-corrected chi connectivity index (χ4v) is 2.72. The summed E-state index contributed by atoms with van der Waals surface area (Å²) < 4.78 is 0. The average Bonchev–Trinajstić information content (AvgIpc) is 2.29. The van der Waals surface area contributed by atoms with Crippen molar-refractivity contribution < 1.29 is 0 Å². The lowest BCUT2D eigenvalue weighted by molar-refractivity contribution is 0.179. The summed E-state index contributed by atoms with van der Waals surface area (Å²) >= 11 is 6.00. The molecule has 0 saturated heterocycles. The lowest BCUT2D eigenvalue weighted by Gasteiger charge is -2.32. The van der Waals surface area contributed by atoms with Crippen molar-refractivity contribution in [2.45, 2.75) is 33.2 Å². The molecule has 2 nitrogen and oxygen atoms in total. The second-order valence-corrected chi connectivity index (χ2v) is 6.00. The fourth-order valence-electron chi connectivity index (χ4n) is 2.50. The summed E-state index contributed by atoms with van der Waals surface area (Å²) in [5.74, 6) is 0. The van der Waals surface area contributed by atoms with Gasteiger partial charge in [0.05, 0.1) is 0 Å². The number of nitrogens with zero attached hydrogens (tertiary/aromatic N) is 1. The van der Waals surface area contributed by atoms with Crippen LogP contribution in [0, 0.1) is 5.41 Å². The number of rotatable bonds is 7. The maximum atomic E-state index is 6.00. The maximum absolute atomic E-state index is 6.00. The van der Waals surface area contributed by atoms with Crippen LogP contribution in [0.3, 0.4) is 0 Å². The highest BCUT2D eigenvalue weighted by Gasteiger charge is 2.23. The molecule has 18 heavy (non-hydrogen) atoms. The number of nitrogens with two attached hydrogens (primary N) is 1. The summed E-state index contributed by atoms with van der Waals surface area (Å²) in [6, 6.07) is 8.05. The standard InChI is InChI=1S/C15H25ClN2/c1-4-8-15(2,11-17)12-18(3)10-13-6-5-7-14(16)9-13/h5-7,9H,4,8,10-12,17H2,1-3H3. The first-order chi connectivity index (χ1) is 8.49. The largest absolute Gasteiger partial charge is 0.330 e. The van der Waals surface area contributed by atoms with Crippen molar-refractivity contribution in [2.24, 2.45) is 11.1 Å². The average molecular weight is 269 g/mol. The molecule has 0 saturated carbocycles. The van der Waals surface area contributed by atoms with Gasteiger partial charge in [-0.3, -0.25) is 0 Å². The van der Waals surface area contributed by atoms with Gasteiger partial charge < -0.3 is 10.6 Å². The molecule has 0 spiro atoms. The van der Waals surface area contributed by atoms with Gasteiger partial charge in [-0.15, -0.1) is 0 Å². The van der Waals surface area contributed by atoms with Crippen LogP contribution in [0.1, 0.15) is 32.3 Å². The van der Waals surface area contributed by atoms with Crippen molar-refractivity contribution in [1.29, 1.82) is 0 Å². The van der Waals surface area contributed by atoms with Crippen molar-refractivity contribution in [3.8, 4) is 0 Å². The highest BCUT2D eigenvalue weighted by Crippen LogP contribution is 2.23. The molecule has 0 bridgehead atoms. The van der Waals surface area contributed by atoms with E-state index in [9.17, 15) is 0 Å². The van der Waals surface area contributed by atoms with E-state index in [-0.39, 0.29) is 5.41 Å². The highest BCUT2D eigenvalue weighted by atomic mass is 35.5. The minimum absolute atomic E-state index is 0.210. The molecule has 0 radical (unpaired) electrons. The molecule has 1 rings (SSSR count). The molecule has 0 fully saturated rings. The first-order valence-electron chi connectivity index (χ1n) is 6.62. The van der Waals surface area contributed by atoms with E-state index in [1.807, 2.05) is 18.2 Å². The molecule has 1 unspecified atom stereocenters. The van der Waals surface area contributed by atoms with Crippen molar-refractivity contribution >= 4 is 11.6 Å². The second-order valence-electron chi connectivity index (χ2n) is 5.57. The zero-order valence-electron chi connectivity index (χ0n) is 11.7. The maximum Gasteiger partial charge on any atom is 0.0409 e. The molecule has 0 aliphatic carbocycles. The van der Waals surface area contributed by atoms with Crippen molar-refractivity contribution in [3.05, 3.63) is 34.9 Å². The van der Waals surface area contributed by atoms with Crippen LogP contribution >= 0.6 is 11.6 Å². The first-order valence-corrected chi connectivity index (χ1v) is 7.00. The molecule has 3 heteroatoms. The lowest BCUT2D eigenvalue weighted by atomic mass is 9.85. The van der Waals surface area contributed by atoms with Gasteiger partial charge in [0, 0.05) is 18.1 Å².